The molecule has 4 rings (SSSR count). The maximum atomic E-state index is 13.6. The van der Waals surface area contributed by atoms with Crippen molar-refractivity contribution in [1.82, 2.24) is 19.6 Å². The predicted octanol–water partition coefficient (Wildman–Crippen LogP) is 3.12. The minimum Gasteiger partial charge on any atom is -0.311 e. The number of hydrogen-bond donors (Lipinski definition) is 2. The number of hydrogen-bond acceptors (Lipinski definition) is 3. The van der Waals surface area contributed by atoms with E-state index in [0.29, 0.717) is 28.6 Å². The number of pyridine rings is 1. The van der Waals surface area contributed by atoms with Gasteiger partial charge in [-0.1, -0.05) is 0 Å². The zero-order valence-electron chi connectivity index (χ0n) is 13.5. The number of aryl methyl sites for hydroxylation is 1. The lowest BCUT2D eigenvalue weighted by molar-refractivity contribution is -0.117. The number of aromatic nitrogens is 4. The number of nitrogens with one attached hydrogen (secondary N) is 2. The molecule has 1 fully saturated rings. The molecule has 1 aliphatic carbocycles. The van der Waals surface area contributed by atoms with E-state index >= 15 is 0 Å². The third-order valence-electron chi connectivity index (χ3n) is 4.44. The number of imidazole rings is 1. The molecule has 0 aliphatic heterocycles. The zero-order chi connectivity index (χ0) is 16.8. The van der Waals surface area contributed by atoms with Gasteiger partial charge in [0.15, 0.2) is 0 Å². The van der Waals surface area contributed by atoms with Crippen LogP contribution in [0.25, 0.3) is 5.65 Å². The van der Waals surface area contributed by atoms with Gasteiger partial charge in [0.25, 0.3) is 0 Å². The van der Waals surface area contributed by atoms with Gasteiger partial charge in [0.2, 0.25) is 5.91 Å². The van der Waals surface area contributed by atoms with Gasteiger partial charge in [-0.15, -0.1) is 0 Å². The number of H-pyrrole nitrogens is 1. The second-order valence-electron chi connectivity index (χ2n) is 6.43. The van der Waals surface area contributed by atoms with Crippen LogP contribution < -0.4 is 5.32 Å². The van der Waals surface area contributed by atoms with E-state index in [1.54, 1.807) is 30.5 Å². The molecule has 7 heteroatoms. The fourth-order valence-electron chi connectivity index (χ4n) is 2.70. The van der Waals surface area contributed by atoms with Crippen molar-refractivity contribution >= 4 is 17.4 Å². The third-order valence-corrected chi connectivity index (χ3v) is 4.44. The molecule has 6 nitrogen and oxygen atoms in total. The minimum atomic E-state index is -0.457. The first-order valence-electron chi connectivity index (χ1n) is 8.02. The summed E-state index contributed by atoms with van der Waals surface area (Å²) in [5, 5.41) is 9.90. The van der Waals surface area contributed by atoms with Crippen LogP contribution in [0.15, 0.2) is 24.5 Å². The molecule has 0 spiro atoms. The summed E-state index contributed by atoms with van der Waals surface area (Å²) < 4.78 is 15.2. The monoisotopic (exact) mass is 327 g/mol. The molecule has 124 valence electrons. The maximum Gasteiger partial charge on any atom is 0.234 e. The summed E-state index contributed by atoms with van der Waals surface area (Å²) in [6.07, 6.45) is 5.38. The molecule has 3 aromatic heterocycles. The van der Waals surface area contributed by atoms with Crippen molar-refractivity contribution in [3.8, 4) is 0 Å². The SMILES string of the molecule is Cc1cc2nc(C(C)C(=O)Nc3cc(C4CC4)n[nH]3)cn2cc1F. The number of amides is 1. The molecule has 1 atom stereocenters. The summed E-state index contributed by atoms with van der Waals surface area (Å²) in [6.45, 7) is 3.47. The van der Waals surface area contributed by atoms with E-state index in [0.717, 1.165) is 18.5 Å². The number of anilines is 1. The molecular formula is C17H18FN5O. The Labute approximate surface area is 138 Å². The topological polar surface area (TPSA) is 75.1 Å². The Morgan fingerprint density at radius 2 is 2.21 bits per heavy atom. The molecule has 24 heavy (non-hydrogen) atoms. The lowest BCUT2D eigenvalue weighted by Crippen LogP contribution is -2.19. The van der Waals surface area contributed by atoms with Crippen LogP contribution in [0.4, 0.5) is 10.2 Å². The number of nitrogens with zero attached hydrogens (tertiary/aromatic N) is 3. The highest BCUT2D eigenvalue weighted by Gasteiger charge is 2.27. The number of fused-ring (bicyclic) bond motifs is 1. The fraction of sp³-hybridized carbons (Fsp3) is 0.353. The summed E-state index contributed by atoms with van der Waals surface area (Å²) in [7, 11) is 0. The van der Waals surface area contributed by atoms with Gasteiger partial charge >= 0.3 is 0 Å². The molecule has 2 N–H and O–H groups in total. The average Bonchev–Trinajstić information content (AvgIpc) is 3.17. The first-order valence-corrected chi connectivity index (χ1v) is 8.02. The quantitative estimate of drug-likeness (QED) is 0.773. The van der Waals surface area contributed by atoms with E-state index in [1.807, 2.05) is 6.07 Å². The number of aromatic amines is 1. The Bertz CT molecular complexity index is 885. The molecule has 0 saturated heterocycles. The van der Waals surface area contributed by atoms with Crippen molar-refractivity contribution in [1.29, 1.82) is 0 Å². The number of carbonyl (C=O) groups excluding carboxylic acids is 1. The highest BCUT2D eigenvalue weighted by Crippen LogP contribution is 2.39. The normalized spacial score (nSPS) is 15.6. The van der Waals surface area contributed by atoms with Crippen molar-refractivity contribution in [2.24, 2.45) is 0 Å². The number of rotatable bonds is 4. The van der Waals surface area contributed by atoms with Crippen molar-refractivity contribution < 1.29 is 9.18 Å². The Morgan fingerprint density at radius 1 is 1.42 bits per heavy atom. The number of carbonyl (C=O) groups is 1. The Kier molecular flexibility index (Phi) is 3.37. The average molecular weight is 327 g/mol. The fourth-order valence-corrected chi connectivity index (χ4v) is 2.70. The van der Waals surface area contributed by atoms with Crippen LogP contribution in [-0.2, 0) is 4.79 Å². The Balaban J connectivity index is 1.53. The van der Waals surface area contributed by atoms with E-state index in [2.05, 4.69) is 20.5 Å². The summed E-state index contributed by atoms with van der Waals surface area (Å²) in [5.41, 5.74) is 2.75. The van der Waals surface area contributed by atoms with Gasteiger partial charge in [-0.2, -0.15) is 5.10 Å². The predicted molar refractivity (Wildman–Crippen MR) is 87.5 cm³/mol. The van der Waals surface area contributed by atoms with E-state index in [1.165, 1.54) is 6.20 Å². The lowest BCUT2D eigenvalue weighted by Gasteiger charge is -2.07. The van der Waals surface area contributed by atoms with Gasteiger partial charge in [0.1, 0.15) is 17.3 Å². The van der Waals surface area contributed by atoms with Gasteiger partial charge in [-0.25, -0.2) is 9.37 Å². The molecule has 1 saturated carbocycles. The van der Waals surface area contributed by atoms with Gasteiger partial charge in [0.05, 0.1) is 17.3 Å². The molecule has 0 aromatic carbocycles. The molecular weight excluding hydrogens is 309 g/mol. The first kappa shape index (κ1) is 14.9. The van der Waals surface area contributed by atoms with Crippen LogP contribution in [0.1, 0.15) is 48.6 Å². The van der Waals surface area contributed by atoms with Crippen LogP contribution in [0.5, 0.6) is 0 Å². The molecule has 0 bridgehead atoms. The Morgan fingerprint density at radius 3 is 2.96 bits per heavy atom. The van der Waals surface area contributed by atoms with E-state index < -0.39 is 5.92 Å². The zero-order valence-corrected chi connectivity index (χ0v) is 13.5. The highest BCUT2D eigenvalue weighted by molar-refractivity contribution is 5.94. The van der Waals surface area contributed by atoms with Crippen LogP contribution in [-0.4, -0.2) is 25.5 Å². The molecule has 3 heterocycles. The molecule has 0 radical (unpaired) electrons. The third kappa shape index (κ3) is 2.66. The molecule has 1 aliphatic rings. The van der Waals surface area contributed by atoms with Crippen molar-refractivity contribution in [3.63, 3.8) is 0 Å². The lowest BCUT2D eigenvalue weighted by atomic mass is 10.1. The van der Waals surface area contributed by atoms with Gasteiger partial charge < -0.3 is 9.72 Å². The minimum absolute atomic E-state index is 0.179. The summed E-state index contributed by atoms with van der Waals surface area (Å²) in [4.78, 5) is 16.9. The first-order chi connectivity index (χ1) is 11.5. The molecule has 1 unspecified atom stereocenters. The smallest absolute Gasteiger partial charge is 0.234 e. The number of halogens is 1. The van der Waals surface area contributed by atoms with Crippen LogP contribution in [0.3, 0.4) is 0 Å². The summed E-state index contributed by atoms with van der Waals surface area (Å²) in [6, 6.07) is 3.55. The van der Waals surface area contributed by atoms with E-state index in [-0.39, 0.29) is 11.7 Å². The van der Waals surface area contributed by atoms with E-state index in [9.17, 15) is 9.18 Å². The maximum absolute atomic E-state index is 13.6. The van der Waals surface area contributed by atoms with Crippen molar-refractivity contribution in [3.05, 3.63) is 47.3 Å². The molecule has 3 aromatic rings. The van der Waals surface area contributed by atoms with Crippen LogP contribution >= 0.6 is 0 Å². The second-order valence-corrected chi connectivity index (χ2v) is 6.43. The largest absolute Gasteiger partial charge is 0.311 e. The van der Waals surface area contributed by atoms with Crippen LogP contribution in [0.2, 0.25) is 0 Å². The Hall–Kier alpha value is -2.70. The standard InChI is InChI=1S/C17H18FN5O/c1-9-5-16-19-14(8-23(16)7-12(9)18)10(2)17(24)20-15-6-13(21-22-15)11-3-4-11/h5-8,10-11H,3-4H2,1-2H3,(H2,20,21,22,24). The van der Waals surface area contributed by atoms with Gasteiger partial charge in [-0.05, 0) is 38.3 Å². The van der Waals surface area contributed by atoms with Crippen molar-refractivity contribution in [2.75, 3.05) is 5.32 Å². The molecule has 1 amide bonds. The summed E-state index contributed by atoms with van der Waals surface area (Å²) in [5.74, 6) is 0.191. The van der Waals surface area contributed by atoms with Crippen LogP contribution in [0, 0.1) is 12.7 Å². The van der Waals surface area contributed by atoms with E-state index in [4.69, 9.17) is 0 Å². The van der Waals surface area contributed by atoms with Gasteiger partial charge in [0, 0.05) is 24.4 Å². The van der Waals surface area contributed by atoms with Crippen molar-refractivity contribution in [2.45, 2.75) is 38.5 Å². The highest BCUT2D eigenvalue weighted by atomic mass is 19.1. The summed E-state index contributed by atoms with van der Waals surface area (Å²) >= 11 is 0. The second kappa shape index (κ2) is 5.43. The van der Waals surface area contributed by atoms with Gasteiger partial charge in [-0.3, -0.25) is 9.89 Å².